The molecule has 0 saturated heterocycles. The molecule has 0 aromatic carbocycles. The molecule has 1 atom stereocenters. The number of carbonyl (C=O) groups is 1. The van der Waals surface area contributed by atoms with E-state index < -0.39 is 25.2 Å². The SMILES string of the molecule is CC(C(=O)O)n1ccnc1P(=O)(O)O. The van der Waals surface area contributed by atoms with Crippen molar-refractivity contribution in [1.29, 1.82) is 0 Å². The maximum absolute atomic E-state index is 10.9. The molecule has 0 fully saturated rings. The van der Waals surface area contributed by atoms with Crippen molar-refractivity contribution in [2.24, 2.45) is 0 Å². The van der Waals surface area contributed by atoms with Gasteiger partial charge in [0, 0.05) is 12.4 Å². The second-order valence-electron chi connectivity index (χ2n) is 2.69. The Hall–Kier alpha value is -1.17. The molecule has 8 heteroatoms. The molecule has 0 spiro atoms. The van der Waals surface area contributed by atoms with Gasteiger partial charge in [-0.15, -0.1) is 0 Å². The number of carboxylic acid groups (broad SMARTS) is 1. The number of hydrogen-bond acceptors (Lipinski definition) is 3. The molecule has 0 radical (unpaired) electrons. The number of aliphatic carboxylic acids is 1. The number of hydrogen-bond donors (Lipinski definition) is 3. The molecular weight excluding hydrogens is 211 g/mol. The summed E-state index contributed by atoms with van der Waals surface area (Å²) < 4.78 is 11.8. The van der Waals surface area contributed by atoms with Crippen LogP contribution in [0.2, 0.25) is 0 Å². The van der Waals surface area contributed by atoms with Gasteiger partial charge in [-0.05, 0) is 6.92 Å². The number of nitrogens with zero attached hydrogens (tertiary/aromatic N) is 2. The van der Waals surface area contributed by atoms with Gasteiger partial charge in [-0.1, -0.05) is 0 Å². The quantitative estimate of drug-likeness (QED) is 0.582. The normalized spacial score (nSPS) is 13.9. The molecule has 1 aromatic heterocycles. The zero-order valence-electron chi connectivity index (χ0n) is 7.23. The second-order valence-corrected chi connectivity index (χ2v) is 4.18. The van der Waals surface area contributed by atoms with E-state index in [1.54, 1.807) is 0 Å². The Bertz CT molecular complexity index is 395. The van der Waals surface area contributed by atoms with E-state index in [0.29, 0.717) is 0 Å². The molecule has 0 aliphatic rings. The van der Waals surface area contributed by atoms with E-state index >= 15 is 0 Å². The van der Waals surface area contributed by atoms with Gasteiger partial charge < -0.3 is 19.5 Å². The van der Waals surface area contributed by atoms with Crippen molar-refractivity contribution < 1.29 is 24.3 Å². The Kier molecular flexibility index (Phi) is 2.75. The molecule has 0 amide bonds. The van der Waals surface area contributed by atoms with E-state index in [1.807, 2.05) is 0 Å². The van der Waals surface area contributed by atoms with Crippen molar-refractivity contribution in [3.63, 3.8) is 0 Å². The third kappa shape index (κ3) is 2.01. The lowest BCUT2D eigenvalue weighted by Gasteiger charge is -2.12. The van der Waals surface area contributed by atoms with Crippen LogP contribution in [-0.4, -0.2) is 30.4 Å². The van der Waals surface area contributed by atoms with E-state index in [1.165, 1.54) is 13.1 Å². The van der Waals surface area contributed by atoms with Crippen LogP contribution in [0.1, 0.15) is 13.0 Å². The fraction of sp³-hybridized carbons (Fsp3) is 0.333. The van der Waals surface area contributed by atoms with Gasteiger partial charge >= 0.3 is 13.6 Å². The molecule has 0 bridgehead atoms. The van der Waals surface area contributed by atoms with Gasteiger partial charge in [-0.3, -0.25) is 4.57 Å². The first-order valence-corrected chi connectivity index (χ1v) is 5.27. The molecule has 0 saturated carbocycles. The summed E-state index contributed by atoms with van der Waals surface area (Å²) in [7, 11) is -4.51. The molecule has 7 nitrogen and oxygen atoms in total. The summed E-state index contributed by atoms with van der Waals surface area (Å²) >= 11 is 0. The van der Waals surface area contributed by atoms with Gasteiger partial charge in [-0.25, -0.2) is 9.78 Å². The highest BCUT2D eigenvalue weighted by Gasteiger charge is 2.27. The van der Waals surface area contributed by atoms with Crippen molar-refractivity contribution in [2.45, 2.75) is 13.0 Å². The predicted octanol–water partition coefficient (Wildman–Crippen LogP) is -0.668. The lowest BCUT2D eigenvalue weighted by molar-refractivity contribution is -0.140. The minimum Gasteiger partial charge on any atom is -0.480 e. The molecule has 1 aromatic rings. The van der Waals surface area contributed by atoms with Gasteiger partial charge in [-0.2, -0.15) is 0 Å². The van der Waals surface area contributed by atoms with E-state index in [9.17, 15) is 9.36 Å². The zero-order valence-corrected chi connectivity index (χ0v) is 8.13. The number of rotatable bonds is 3. The summed E-state index contributed by atoms with van der Waals surface area (Å²) in [5.74, 6) is -1.18. The Morgan fingerprint density at radius 1 is 1.64 bits per heavy atom. The minimum absolute atomic E-state index is 0.535. The number of imidazole rings is 1. The molecule has 0 aliphatic heterocycles. The molecule has 1 rings (SSSR count). The average molecular weight is 220 g/mol. The van der Waals surface area contributed by atoms with Crippen LogP contribution in [0.3, 0.4) is 0 Å². The van der Waals surface area contributed by atoms with Crippen molar-refractivity contribution in [3.05, 3.63) is 12.4 Å². The standard InChI is InChI=1S/C6H9N2O5P/c1-4(5(9)10)8-3-2-7-6(8)14(11,12)13/h2-4H,1H3,(H,9,10)(H2,11,12,13). The Morgan fingerprint density at radius 3 is 2.64 bits per heavy atom. The lowest BCUT2D eigenvalue weighted by Crippen LogP contribution is -2.26. The second kappa shape index (κ2) is 3.53. The van der Waals surface area contributed by atoms with E-state index in [4.69, 9.17) is 14.9 Å². The number of carboxylic acids is 1. The molecular formula is C6H9N2O5P. The van der Waals surface area contributed by atoms with E-state index in [-0.39, 0.29) is 0 Å². The molecule has 0 aliphatic carbocycles. The highest BCUT2D eigenvalue weighted by Crippen LogP contribution is 2.32. The Labute approximate surface area is 79.2 Å². The van der Waals surface area contributed by atoms with Crippen molar-refractivity contribution in [1.82, 2.24) is 9.55 Å². The predicted molar refractivity (Wildman–Crippen MR) is 46.3 cm³/mol. The monoisotopic (exact) mass is 220 g/mol. The summed E-state index contributed by atoms with van der Waals surface area (Å²) in [6.45, 7) is 1.31. The van der Waals surface area contributed by atoms with Crippen LogP contribution < -0.4 is 5.57 Å². The Balaban J connectivity index is 3.18. The smallest absolute Gasteiger partial charge is 0.391 e. The van der Waals surface area contributed by atoms with Gasteiger partial charge in [0.1, 0.15) is 6.04 Å². The maximum atomic E-state index is 10.9. The van der Waals surface area contributed by atoms with Crippen molar-refractivity contribution in [2.75, 3.05) is 0 Å². The maximum Gasteiger partial charge on any atom is 0.391 e. The van der Waals surface area contributed by atoms with Gasteiger partial charge in [0.15, 0.2) is 0 Å². The van der Waals surface area contributed by atoms with Crippen LogP contribution in [0.25, 0.3) is 0 Å². The van der Waals surface area contributed by atoms with Crippen LogP contribution in [0.5, 0.6) is 0 Å². The average Bonchev–Trinajstić information content (AvgIpc) is 2.48. The first-order chi connectivity index (χ1) is 6.34. The van der Waals surface area contributed by atoms with Gasteiger partial charge in [0.2, 0.25) is 5.57 Å². The Morgan fingerprint density at radius 2 is 2.21 bits per heavy atom. The summed E-state index contributed by atoms with van der Waals surface area (Å²) in [6.07, 6.45) is 2.36. The third-order valence-electron chi connectivity index (χ3n) is 1.68. The van der Waals surface area contributed by atoms with Crippen LogP contribution in [0.15, 0.2) is 12.4 Å². The number of aromatic nitrogens is 2. The topological polar surface area (TPSA) is 113 Å². The van der Waals surface area contributed by atoms with Crippen molar-refractivity contribution in [3.8, 4) is 0 Å². The minimum atomic E-state index is -4.51. The fourth-order valence-corrected chi connectivity index (χ4v) is 1.71. The summed E-state index contributed by atoms with van der Waals surface area (Å²) in [6, 6.07) is -1.06. The summed E-state index contributed by atoms with van der Waals surface area (Å²) in [5, 5.41) is 8.64. The first-order valence-electron chi connectivity index (χ1n) is 3.66. The fourth-order valence-electron chi connectivity index (χ4n) is 0.952. The van der Waals surface area contributed by atoms with Crippen LogP contribution >= 0.6 is 7.60 Å². The van der Waals surface area contributed by atoms with E-state index in [2.05, 4.69) is 4.98 Å². The molecule has 78 valence electrons. The van der Waals surface area contributed by atoms with Gasteiger partial charge in [0.05, 0.1) is 0 Å². The molecule has 1 unspecified atom stereocenters. The first kappa shape index (κ1) is 10.9. The van der Waals surface area contributed by atoms with Crippen LogP contribution in [-0.2, 0) is 9.36 Å². The van der Waals surface area contributed by atoms with E-state index in [0.717, 1.165) is 10.8 Å². The molecule has 14 heavy (non-hydrogen) atoms. The zero-order chi connectivity index (χ0) is 10.9. The summed E-state index contributed by atoms with van der Waals surface area (Å²) in [5.41, 5.74) is -0.535. The highest BCUT2D eigenvalue weighted by atomic mass is 31.2. The van der Waals surface area contributed by atoms with Crippen LogP contribution in [0, 0.1) is 0 Å². The lowest BCUT2D eigenvalue weighted by atomic mass is 10.3. The molecule has 3 N–H and O–H groups in total. The van der Waals surface area contributed by atoms with Crippen LogP contribution in [0.4, 0.5) is 0 Å². The molecule has 1 heterocycles. The van der Waals surface area contributed by atoms with Crippen molar-refractivity contribution >= 4 is 19.1 Å². The highest BCUT2D eigenvalue weighted by molar-refractivity contribution is 7.59. The van der Waals surface area contributed by atoms with Gasteiger partial charge in [0.25, 0.3) is 0 Å². The third-order valence-corrected chi connectivity index (χ3v) is 2.55. The summed E-state index contributed by atoms with van der Waals surface area (Å²) in [4.78, 5) is 31.7. The largest absolute Gasteiger partial charge is 0.480 e.